The van der Waals surface area contributed by atoms with E-state index in [2.05, 4.69) is 17.1 Å². The van der Waals surface area contributed by atoms with Crippen molar-refractivity contribution in [2.75, 3.05) is 39.8 Å². The molecule has 1 aliphatic heterocycles. The van der Waals surface area contributed by atoms with Crippen molar-refractivity contribution in [2.24, 2.45) is 0 Å². The molecule has 210 valence electrons. The van der Waals surface area contributed by atoms with Crippen molar-refractivity contribution in [1.29, 1.82) is 0 Å². The summed E-state index contributed by atoms with van der Waals surface area (Å²) in [5.74, 6) is 1.48. The summed E-state index contributed by atoms with van der Waals surface area (Å²) >= 11 is 0. The normalized spacial score (nSPS) is 18.1. The van der Waals surface area contributed by atoms with Crippen LogP contribution in [-0.2, 0) is 26.8 Å². The molecule has 2 aromatic rings. The molecule has 0 saturated carbocycles. The van der Waals surface area contributed by atoms with Crippen LogP contribution < -0.4 is 14.8 Å². The summed E-state index contributed by atoms with van der Waals surface area (Å²) in [6.07, 6.45) is 3.62. The fourth-order valence-corrected chi connectivity index (χ4v) is 4.03. The summed E-state index contributed by atoms with van der Waals surface area (Å²) in [7, 11) is -3.99. The maximum atomic E-state index is 13.8. The predicted molar refractivity (Wildman–Crippen MR) is 141 cm³/mol. The Bertz CT molecular complexity index is 1150. The molecule has 3 rings (SSSR count). The van der Waals surface area contributed by atoms with E-state index in [-0.39, 0.29) is 17.9 Å². The highest BCUT2D eigenvalue weighted by molar-refractivity contribution is 7.85. The zero-order valence-electron chi connectivity index (χ0n) is 21.7. The first-order valence-electron chi connectivity index (χ1n) is 11.4. The number of halogens is 1. The van der Waals surface area contributed by atoms with Crippen LogP contribution in [0.5, 0.6) is 11.5 Å². The fourth-order valence-electron chi connectivity index (χ4n) is 4.03. The number of likely N-dealkylation sites (N-methyl/N-ethyl adjacent to an activating group) is 1. The number of methoxy groups -OCH3 is 2. The molecule has 1 saturated heterocycles. The summed E-state index contributed by atoms with van der Waals surface area (Å²) in [5.41, 5.74) is 2.09. The van der Waals surface area contributed by atoms with Crippen molar-refractivity contribution in [3.8, 4) is 11.5 Å². The molecule has 2 atom stereocenters. The Morgan fingerprint density at radius 3 is 2.16 bits per heavy atom. The van der Waals surface area contributed by atoms with E-state index in [0.29, 0.717) is 19.1 Å². The highest BCUT2D eigenvalue weighted by atomic mass is 32.2. The number of hydrogen-bond donors (Lipinski definition) is 3. The fraction of sp³-hybridized carbons (Fsp3) is 0.500. The van der Waals surface area contributed by atoms with E-state index in [1.807, 2.05) is 24.3 Å². The number of ether oxygens (including phenoxy) is 2. The van der Waals surface area contributed by atoms with Gasteiger partial charge in [0.05, 0.1) is 32.8 Å². The van der Waals surface area contributed by atoms with Crippen molar-refractivity contribution in [3.05, 3.63) is 59.4 Å². The first kappa shape index (κ1) is 32.7. The summed E-state index contributed by atoms with van der Waals surface area (Å²) < 4.78 is 76.4. The van der Waals surface area contributed by atoms with Gasteiger partial charge in [0.1, 0.15) is 17.3 Å². The van der Waals surface area contributed by atoms with Crippen LogP contribution >= 0.6 is 0 Å². The molecule has 0 radical (unpaired) electrons. The standard InChI is InChI=1S/C22H29FN2O2.2CH4O3S/c1-4-25-12-6-9-20(22(25)16-7-5-8-18(23)13-16)24-15-17-14-19(26-2)10-11-21(17)27-3;2*1-5(2,3)4/h5,7-8,10-11,13-14,20,22,24H,4,6,9,12,15H2,1-3H3;2*1H3,(H,2,3,4)/t20-,22-;;/m0../s1. The smallest absolute Gasteiger partial charge is 0.261 e. The summed E-state index contributed by atoms with van der Waals surface area (Å²) in [6.45, 7) is 4.83. The Kier molecular flexibility index (Phi) is 13.5. The number of nitrogens with one attached hydrogen (secondary N) is 1. The molecule has 0 spiro atoms. The number of likely N-dealkylation sites (tertiary alicyclic amines) is 1. The van der Waals surface area contributed by atoms with Crippen LogP contribution in [0.3, 0.4) is 0 Å². The van der Waals surface area contributed by atoms with Gasteiger partial charge in [-0.25, -0.2) is 4.39 Å². The molecule has 10 nitrogen and oxygen atoms in total. The van der Waals surface area contributed by atoms with Crippen LogP contribution in [0.4, 0.5) is 4.39 Å². The molecule has 1 fully saturated rings. The van der Waals surface area contributed by atoms with E-state index in [1.165, 1.54) is 6.07 Å². The van der Waals surface area contributed by atoms with Gasteiger partial charge >= 0.3 is 0 Å². The van der Waals surface area contributed by atoms with Crippen LogP contribution in [0.25, 0.3) is 0 Å². The first-order valence-corrected chi connectivity index (χ1v) is 15.1. The van der Waals surface area contributed by atoms with Gasteiger partial charge in [-0.2, -0.15) is 16.8 Å². The second kappa shape index (κ2) is 15.2. The third-order valence-electron chi connectivity index (χ3n) is 5.37. The molecule has 0 aromatic heterocycles. The molecule has 0 bridgehead atoms. The Morgan fingerprint density at radius 2 is 1.65 bits per heavy atom. The van der Waals surface area contributed by atoms with Gasteiger partial charge in [0.15, 0.2) is 0 Å². The Labute approximate surface area is 219 Å². The molecule has 13 heteroatoms. The average molecular weight is 565 g/mol. The highest BCUT2D eigenvalue weighted by Gasteiger charge is 2.31. The Hall–Kier alpha value is -2.29. The van der Waals surface area contributed by atoms with Crippen LogP contribution in [0.1, 0.15) is 36.9 Å². The molecule has 0 unspecified atom stereocenters. The topological polar surface area (TPSA) is 142 Å². The summed E-state index contributed by atoms with van der Waals surface area (Å²) in [4.78, 5) is 2.43. The predicted octanol–water partition coefficient (Wildman–Crippen LogP) is 3.17. The quantitative estimate of drug-likeness (QED) is 0.429. The highest BCUT2D eigenvalue weighted by Crippen LogP contribution is 2.32. The number of rotatable bonds is 7. The van der Waals surface area contributed by atoms with E-state index in [9.17, 15) is 21.2 Å². The van der Waals surface area contributed by atoms with E-state index in [4.69, 9.17) is 18.6 Å². The molecule has 2 aromatic carbocycles. The van der Waals surface area contributed by atoms with Gasteiger partial charge in [0.25, 0.3) is 20.2 Å². The number of hydrogen-bond acceptors (Lipinski definition) is 8. The lowest BCUT2D eigenvalue weighted by Crippen LogP contribution is -2.48. The zero-order valence-corrected chi connectivity index (χ0v) is 23.4. The third kappa shape index (κ3) is 13.7. The van der Waals surface area contributed by atoms with Gasteiger partial charge in [-0.3, -0.25) is 14.0 Å². The van der Waals surface area contributed by atoms with Gasteiger partial charge < -0.3 is 14.8 Å². The van der Waals surface area contributed by atoms with Crippen molar-refractivity contribution in [1.82, 2.24) is 10.2 Å². The van der Waals surface area contributed by atoms with Gasteiger partial charge in [0, 0.05) is 18.2 Å². The maximum Gasteiger partial charge on any atom is 0.261 e. The largest absolute Gasteiger partial charge is 0.497 e. The minimum Gasteiger partial charge on any atom is -0.497 e. The van der Waals surface area contributed by atoms with E-state index in [1.54, 1.807) is 26.4 Å². The second-order valence-corrected chi connectivity index (χ2v) is 11.3. The van der Waals surface area contributed by atoms with Crippen molar-refractivity contribution < 1.29 is 39.8 Å². The maximum absolute atomic E-state index is 13.8. The first-order chi connectivity index (χ1) is 17.2. The zero-order chi connectivity index (χ0) is 28.2. The van der Waals surface area contributed by atoms with E-state index in [0.717, 1.165) is 48.6 Å². The molecular formula is C24H37FN2O8S2. The molecule has 3 N–H and O–H groups in total. The molecular weight excluding hydrogens is 527 g/mol. The minimum atomic E-state index is -3.67. The average Bonchev–Trinajstić information content (AvgIpc) is 2.80. The lowest BCUT2D eigenvalue weighted by Gasteiger charge is -2.41. The van der Waals surface area contributed by atoms with Crippen molar-refractivity contribution in [2.45, 2.75) is 38.4 Å². The number of piperidine rings is 1. The Morgan fingerprint density at radius 1 is 1.03 bits per heavy atom. The number of benzene rings is 2. The molecule has 1 aliphatic rings. The summed E-state index contributed by atoms with van der Waals surface area (Å²) in [6, 6.07) is 13.2. The van der Waals surface area contributed by atoms with Crippen LogP contribution in [0, 0.1) is 5.82 Å². The third-order valence-corrected chi connectivity index (χ3v) is 5.37. The van der Waals surface area contributed by atoms with Crippen molar-refractivity contribution in [3.63, 3.8) is 0 Å². The van der Waals surface area contributed by atoms with Gasteiger partial charge in [0.2, 0.25) is 0 Å². The monoisotopic (exact) mass is 564 g/mol. The van der Waals surface area contributed by atoms with Gasteiger partial charge in [-0.1, -0.05) is 19.1 Å². The minimum absolute atomic E-state index is 0.163. The van der Waals surface area contributed by atoms with Crippen molar-refractivity contribution >= 4 is 20.2 Å². The Balaban J connectivity index is 0.000000583. The van der Waals surface area contributed by atoms with Gasteiger partial charge in [-0.05, 0) is 61.8 Å². The van der Waals surface area contributed by atoms with E-state index >= 15 is 0 Å². The molecule has 37 heavy (non-hydrogen) atoms. The SMILES string of the molecule is CCN1CCC[C@H](NCc2cc(OC)ccc2OC)[C@@H]1c1cccc(F)c1.CS(=O)(=O)O.CS(=O)(=O)O. The van der Waals surface area contributed by atoms with Crippen LogP contribution in [0.2, 0.25) is 0 Å². The summed E-state index contributed by atoms with van der Waals surface area (Å²) in [5, 5.41) is 3.70. The van der Waals surface area contributed by atoms with Crippen LogP contribution in [0.15, 0.2) is 42.5 Å². The van der Waals surface area contributed by atoms with E-state index < -0.39 is 20.2 Å². The van der Waals surface area contributed by atoms with Crippen LogP contribution in [-0.4, -0.2) is 76.7 Å². The van der Waals surface area contributed by atoms with Gasteiger partial charge in [-0.15, -0.1) is 0 Å². The lowest BCUT2D eigenvalue weighted by atomic mass is 9.90. The second-order valence-electron chi connectivity index (χ2n) is 8.40. The number of nitrogens with zero attached hydrogens (tertiary/aromatic N) is 1. The molecule has 1 heterocycles. The molecule has 0 amide bonds. The molecule has 0 aliphatic carbocycles. The lowest BCUT2D eigenvalue weighted by molar-refractivity contribution is 0.117.